The third kappa shape index (κ3) is 4.19. The zero-order valence-electron chi connectivity index (χ0n) is 13.6. The molecule has 0 fully saturated rings. The van der Waals surface area contributed by atoms with Crippen LogP contribution in [-0.2, 0) is 9.59 Å². The third-order valence-corrected chi connectivity index (χ3v) is 3.67. The molecule has 0 heterocycles. The van der Waals surface area contributed by atoms with Gasteiger partial charge in [-0.2, -0.15) is 0 Å². The summed E-state index contributed by atoms with van der Waals surface area (Å²) in [4.78, 5) is 28.3. The van der Waals surface area contributed by atoms with Gasteiger partial charge < -0.3 is 9.80 Å². The Morgan fingerprint density at radius 3 is 1.35 bits per heavy atom. The van der Waals surface area contributed by atoms with Gasteiger partial charge in [-0.25, -0.2) is 0 Å². The molecule has 0 saturated carbocycles. The zero-order valence-corrected chi connectivity index (χ0v) is 13.6. The summed E-state index contributed by atoms with van der Waals surface area (Å²) in [6.07, 6.45) is -0.133. The zero-order chi connectivity index (χ0) is 16.7. The summed E-state index contributed by atoms with van der Waals surface area (Å²) in [6.45, 7) is 4.88. The van der Waals surface area contributed by atoms with Crippen molar-refractivity contribution in [2.45, 2.75) is 20.3 Å². The fraction of sp³-hybridized carbons (Fsp3) is 0.263. The molecule has 0 aliphatic heterocycles. The van der Waals surface area contributed by atoms with Gasteiger partial charge >= 0.3 is 0 Å². The van der Waals surface area contributed by atoms with Gasteiger partial charge in [0.15, 0.2) is 0 Å². The number of amides is 2. The number of para-hydroxylation sites is 2. The largest absolute Gasteiger partial charge is 0.312 e. The van der Waals surface area contributed by atoms with Gasteiger partial charge in [-0.15, -0.1) is 0 Å². The molecule has 4 nitrogen and oxygen atoms in total. The molecule has 0 N–H and O–H groups in total. The van der Waals surface area contributed by atoms with Crippen molar-refractivity contribution in [3.8, 4) is 0 Å². The maximum absolute atomic E-state index is 12.5. The van der Waals surface area contributed by atoms with Crippen LogP contribution in [0.4, 0.5) is 11.4 Å². The van der Waals surface area contributed by atoms with Gasteiger partial charge in [0.05, 0.1) is 0 Å². The lowest BCUT2D eigenvalue weighted by Crippen LogP contribution is -2.38. The molecule has 0 bridgehead atoms. The second kappa shape index (κ2) is 8.13. The van der Waals surface area contributed by atoms with Crippen LogP contribution < -0.4 is 9.80 Å². The number of hydrogen-bond acceptors (Lipinski definition) is 2. The Balaban J connectivity index is 2.10. The van der Waals surface area contributed by atoms with Crippen LogP contribution in [0.1, 0.15) is 20.3 Å². The number of carbonyl (C=O) groups is 2. The Hall–Kier alpha value is -2.62. The molecule has 0 unspecified atom stereocenters. The summed E-state index contributed by atoms with van der Waals surface area (Å²) in [6, 6.07) is 18.8. The Morgan fingerprint density at radius 1 is 0.696 bits per heavy atom. The Morgan fingerprint density at radius 2 is 1.04 bits per heavy atom. The average molecular weight is 310 g/mol. The molecule has 0 spiro atoms. The predicted molar refractivity (Wildman–Crippen MR) is 93.6 cm³/mol. The molecule has 0 saturated heterocycles. The highest BCUT2D eigenvalue weighted by Crippen LogP contribution is 2.17. The number of nitrogens with zero attached hydrogens (tertiary/aromatic N) is 2. The normalized spacial score (nSPS) is 10.2. The van der Waals surface area contributed by atoms with Crippen LogP contribution >= 0.6 is 0 Å². The van der Waals surface area contributed by atoms with Crippen molar-refractivity contribution in [2.75, 3.05) is 22.9 Å². The molecule has 0 atom stereocenters. The Labute approximate surface area is 137 Å². The van der Waals surface area contributed by atoms with Gasteiger partial charge in [0.25, 0.3) is 0 Å². The van der Waals surface area contributed by atoms with E-state index in [1.54, 1.807) is 9.80 Å². The van der Waals surface area contributed by atoms with Gasteiger partial charge in [0.1, 0.15) is 6.42 Å². The van der Waals surface area contributed by atoms with E-state index in [9.17, 15) is 9.59 Å². The Bertz CT molecular complexity index is 583. The van der Waals surface area contributed by atoms with E-state index in [1.807, 2.05) is 74.5 Å². The summed E-state index contributed by atoms with van der Waals surface area (Å²) >= 11 is 0. The lowest BCUT2D eigenvalue weighted by molar-refractivity contribution is -0.126. The van der Waals surface area contributed by atoms with Crippen LogP contribution in [0.5, 0.6) is 0 Å². The van der Waals surface area contributed by atoms with Gasteiger partial charge in [-0.1, -0.05) is 36.4 Å². The van der Waals surface area contributed by atoms with Crippen molar-refractivity contribution in [3.05, 3.63) is 60.7 Å². The molecule has 0 radical (unpaired) electrons. The standard InChI is InChI=1S/C19H22N2O2/c1-3-20(16-11-7-5-8-12-16)18(22)15-19(23)21(4-2)17-13-9-6-10-14-17/h5-14H,3-4,15H2,1-2H3. The highest BCUT2D eigenvalue weighted by atomic mass is 16.2. The number of benzene rings is 2. The molecule has 2 aromatic rings. The first-order valence-corrected chi connectivity index (χ1v) is 7.88. The number of carbonyl (C=O) groups excluding carboxylic acids is 2. The average Bonchev–Trinajstić information content (AvgIpc) is 2.58. The van der Waals surface area contributed by atoms with E-state index in [-0.39, 0.29) is 18.2 Å². The van der Waals surface area contributed by atoms with Crippen molar-refractivity contribution in [2.24, 2.45) is 0 Å². The minimum absolute atomic E-state index is 0.133. The topological polar surface area (TPSA) is 40.6 Å². The quantitative estimate of drug-likeness (QED) is 0.766. The lowest BCUT2D eigenvalue weighted by atomic mass is 10.2. The fourth-order valence-electron chi connectivity index (χ4n) is 2.54. The molecule has 0 aliphatic rings. The molecular weight excluding hydrogens is 288 g/mol. The molecule has 2 aromatic carbocycles. The van der Waals surface area contributed by atoms with Crippen molar-refractivity contribution < 1.29 is 9.59 Å². The number of hydrogen-bond donors (Lipinski definition) is 0. The first-order valence-electron chi connectivity index (χ1n) is 7.88. The van der Waals surface area contributed by atoms with Crippen LogP contribution in [0.15, 0.2) is 60.7 Å². The molecule has 0 aliphatic carbocycles. The maximum Gasteiger partial charge on any atom is 0.236 e. The molecule has 120 valence electrons. The minimum Gasteiger partial charge on any atom is -0.312 e. The van der Waals surface area contributed by atoms with E-state index < -0.39 is 0 Å². The summed E-state index contributed by atoms with van der Waals surface area (Å²) in [7, 11) is 0. The summed E-state index contributed by atoms with van der Waals surface area (Å²) in [5.74, 6) is -0.365. The number of rotatable bonds is 6. The molecular formula is C19H22N2O2. The third-order valence-electron chi connectivity index (χ3n) is 3.67. The van der Waals surface area contributed by atoms with Gasteiger partial charge in [-0.3, -0.25) is 9.59 Å². The van der Waals surface area contributed by atoms with Crippen LogP contribution in [0.25, 0.3) is 0 Å². The molecule has 2 amide bonds. The summed E-state index contributed by atoms with van der Waals surface area (Å²) in [5, 5.41) is 0. The Kier molecular flexibility index (Phi) is 5.92. The summed E-state index contributed by atoms with van der Waals surface area (Å²) in [5.41, 5.74) is 1.63. The predicted octanol–water partition coefficient (Wildman–Crippen LogP) is 3.48. The fourth-order valence-corrected chi connectivity index (χ4v) is 2.54. The van der Waals surface area contributed by atoms with Crippen molar-refractivity contribution >= 4 is 23.2 Å². The van der Waals surface area contributed by atoms with Crippen molar-refractivity contribution in [1.29, 1.82) is 0 Å². The highest BCUT2D eigenvalue weighted by Gasteiger charge is 2.21. The van der Waals surface area contributed by atoms with E-state index in [4.69, 9.17) is 0 Å². The van der Waals surface area contributed by atoms with E-state index in [0.717, 1.165) is 11.4 Å². The van der Waals surface area contributed by atoms with Crippen LogP contribution in [0.2, 0.25) is 0 Å². The molecule has 23 heavy (non-hydrogen) atoms. The van der Waals surface area contributed by atoms with Gasteiger partial charge in [0.2, 0.25) is 11.8 Å². The monoisotopic (exact) mass is 310 g/mol. The first kappa shape index (κ1) is 16.7. The second-order valence-corrected chi connectivity index (χ2v) is 5.12. The van der Waals surface area contributed by atoms with Crippen LogP contribution in [-0.4, -0.2) is 24.9 Å². The van der Waals surface area contributed by atoms with Gasteiger partial charge in [0, 0.05) is 24.5 Å². The van der Waals surface area contributed by atoms with E-state index in [1.165, 1.54) is 0 Å². The smallest absolute Gasteiger partial charge is 0.236 e. The van der Waals surface area contributed by atoms with Crippen LogP contribution in [0.3, 0.4) is 0 Å². The van der Waals surface area contributed by atoms with Crippen LogP contribution in [0, 0.1) is 0 Å². The summed E-state index contributed by atoms with van der Waals surface area (Å²) < 4.78 is 0. The minimum atomic E-state index is -0.182. The molecule has 4 heteroatoms. The maximum atomic E-state index is 12.5. The highest BCUT2D eigenvalue weighted by molar-refractivity contribution is 6.09. The van der Waals surface area contributed by atoms with E-state index in [2.05, 4.69) is 0 Å². The van der Waals surface area contributed by atoms with Crippen molar-refractivity contribution in [1.82, 2.24) is 0 Å². The lowest BCUT2D eigenvalue weighted by Gasteiger charge is -2.24. The number of anilines is 2. The van der Waals surface area contributed by atoms with E-state index >= 15 is 0 Å². The first-order chi connectivity index (χ1) is 11.2. The van der Waals surface area contributed by atoms with Crippen molar-refractivity contribution in [3.63, 3.8) is 0 Å². The SMILES string of the molecule is CCN(C(=O)CC(=O)N(CC)c1ccccc1)c1ccccc1. The molecule has 0 aromatic heterocycles. The molecule has 2 rings (SSSR count). The van der Waals surface area contributed by atoms with Gasteiger partial charge in [-0.05, 0) is 38.1 Å². The van der Waals surface area contributed by atoms with E-state index in [0.29, 0.717) is 13.1 Å². The second-order valence-electron chi connectivity index (χ2n) is 5.12.